The number of rotatable bonds is 4. The van der Waals surface area contributed by atoms with Crippen molar-refractivity contribution >= 4 is 5.82 Å². The highest BCUT2D eigenvalue weighted by Gasteiger charge is 2.31. The fourth-order valence-corrected chi connectivity index (χ4v) is 3.29. The summed E-state index contributed by atoms with van der Waals surface area (Å²) in [6.07, 6.45) is 5.89. The number of hydrogen-bond acceptors (Lipinski definition) is 5. The van der Waals surface area contributed by atoms with Crippen molar-refractivity contribution in [2.75, 3.05) is 11.4 Å². The normalized spacial score (nSPS) is 17.2. The van der Waals surface area contributed by atoms with E-state index in [0.717, 1.165) is 31.0 Å². The summed E-state index contributed by atoms with van der Waals surface area (Å²) < 4.78 is 19.8. The lowest BCUT2D eigenvalue weighted by atomic mass is 10.1. The van der Waals surface area contributed by atoms with Crippen molar-refractivity contribution in [3.8, 4) is 0 Å². The van der Waals surface area contributed by atoms with Gasteiger partial charge in [-0.15, -0.1) is 0 Å². The Bertz CT molecular complexity index is 879. The predicted molar refractivity (Wildman–Crippen MR) is 91.8 cm³/mol. The first-order chi connectivity index (χ1) is 12.2. The molecule has 3 heterocycles. The summed E-state index contributed by atoms with van der Waals surface area (Å²) in [4.78, 5) is 15.3. The molecule has 0 saturated carbocycles. The summed E-state index contributed by atoms with van der Waals surface area (Å²) in [6.45, 7) is 2.79. The highest BCUT2D eigenvalue weighted by atomic mass is 19.1. The average molecular weight is 338 g/mol. The van der Waals surface area contributed by atoms with Crippen molar-refractivity contribution in [3.05, 3.63) is 71.6 Å². The van der Waals surface area contributed by atoms with Crippen LogP contribution in [0.2, 0.25) is 0 Å². The molecule has 0 amide bonds. The summed E-state index contributed by atoms with van der Waals surface area (Å²) in [5.41, 5.74) is 0.611. The number of aryl methyl sites for hydroxylation is 1. The van der Waals surface area contributed by atoms with Crippen LogP contribution in [-0.2, 0) is 6.42 Å². The molecule has 1 aliphatic heterocycles. The van der Waals surface area contributed by atoms with Crippen molar-refractivity contribution in [1.29, 1.82) is 0 Å². The number of oxazole rings is 1. The van der Waals surface area contributed by atoms with Gasteiger partial charge in [0, 0.05) is 19.2 Å². The molecular weight excluding hydrogens is 319 g/mol. The second-order valence-electron chi connectivity index (χ2n) is 6.25. The fraction of sp³-hybridized carbons (Fsp3) is 0.316. The lowest BCUT2D eigenvalue weighted by molar-refractivity contribution is 0.422. The molecule has 0 aliphatic carbocycles. The van der Waals surface area contributed by atoms with Crippen LogP contribution in [0.25, 0.3) is 0 Å². The maximum atomic E-state index is 13.8. The van der Waals surface area contributed by atoms with Crippen molar-refractivity contribution in [2.24, 2.45) is 0 Å². The first-order valence-electron chi connectivity index (χ1n) is 8.45. The second-order valence-corrected chi connectivity index (χ2v) is 6.25. The Morgan fingerprint density at radius 2 is 2.12 bits per heavy atom. The topological polar surface area (TPSA) is 55.1 Å². The minimum Gasteiger partial charge on any atom is -0.443 e. The van der Waals surface area contributed by atoms with Crippen molar-refractivity contribution in [2.45, 2.75) is 32.2 Å². The number of benzene rings is 1. The van der Waals surface area contributed by atoms with Gasteiger partial charge in [-0.2, -0.15) is 0 Å². The molecule has 0 N–H and O–H groups in total. The third-order valence-corrected chi connectivity index (χ3v) is 4.49. The van der Waals surface area contributed by atoms with Gasteiger partial charge in [-0.25, -0.2) is 19.3 Å². The van der Waals surface area contributed by atoms with Crippen LogP contribution in [-0.4, -0.2) is 21.5 Å². The van der Waals surface area contributed by atoms with E-state index >= 15 is 0 Å². The number of hydrogen-bond donors (Lipinski definition) is 0. The summed E-state index contributed by atoms with van der Waals surface area (Å²) in [5, 5.41) is 0. The molecular formula is C19H19FN4O. The molecule has 0 bridgehead atoms. The molecule has 128 valence electrons. The van der Waals surface area contributed by atoms with E-state index in [4.69, 9.17) is 4.42 Å². The Hall–Kier alpha value is -2.76. The van der Waals surface area contributed by atoms with E-state index in [-0.39, 0.29) is 11.9 Å². The van der Waals surface area contributed by atoms with Gasteiger partial charge in [0.2, 0.25) is 5.89 Å². The Morgan fingerprint density at radius 1 is 1.24 bits per heavy atom. The van der Waals surface area contributed by atoms with E-state index in [2.05, 4.69) is 19.9 Å². The molecule has 0 unspecified atom stereocenters. The smallest absolute Gasteiger partial charge is 0.217 e. The standard InChI is InChI=1S/C19H19FN4O/c1-13-21-9-8-18(23-13)24-10-4-7-17(24)19-22-12-15(25-19)11-14-5-2-3-6-16(14)20/h2-3,5-6,8-9,12,17H,4,7,10-11H2,1H3/t17-/m0/s1. The van der Waals surface area contributed by atoms with Gasteiger partial charge in [0.15, 0.2) is 0 Å². The van der Waals surface area contributed by atoms with Gasteiger partial charge < -0.3 is 9.32 Å². The highest BCUT2D eigenvalue weighted by Crippen LogP contribution is 2.35. The molecule has 3 aromatic rings. The molecule has 5 nitrogen and oxygen atoms in total. The number of aromatic nitrogens is 3. The third-order valence-electron chi connectivity index (χ3n) is 4.49. The highest BCUT2D eigenvalue weighted by molar-refractivity contribution is 5.41. The first-order valence-corrected chi connectivity index (χ1v) is 8.45. The maximum absolute atomic E-state index is 13.8. The molecule has 6 heteroatoms. The van der Waals surface area contributed by atoms with E-state index in [0.29, 0.717) is 23.6 Å². The van der Waals surface area contributed by atoms with Crippen LogP contribution in [0.3, 0.4) is 0 Å². The van der Waals surface area contributed by atoms with Crippen LogP contribution in [0, 0.1) is 12.7 Å². The van der Waals surface area contributed by atoms with Gasteiger partial charge >= 0.3 is 0 Å². The minimum absolute atomic E-state index is 0.0590. The number of anilines is 1. The molecule has 1 atom stereocenters. The molecule has 1 fully saturated rings. The van der Waals surface area contributed by atoms with E-state index in [1.54, 1.807) is 24.5 Å². The zero-order valence-electron chi connectivity index (χ0n) is 14.0. The van der Waals surface area contributed by atoms with Gasteiger partial charge in [0.1, 0.15) is 29.3 Å². The number of halogens is 1. The molecule has 1 saturated heterocycles. The minimum atomic E-state index is -0.223. The van der Waals surface area contributed by atoms with Crippen molar-refractivity contribution in [1.82, 2.24) is 15.0 Å². The van der Waals surface area contributed by atoms with Crippen molar-refractivity contribution < 1.29 is 8.81 Å². The van der Waals surface area contributed by atoms with Crippen LogP contribution >= 0.6 is 0 Å². The quantitative estimate of drug-likeness (QED) is 0.723. The fourth-order valence-electron chi connectivity index (χ4n) is 3.29. The summed E-state index contributed by atoms with van der Waals surface area (Å²) in [7, 11) is 0. The monoisotopic (exact) mass is 338 g/mol. The number of nitrogens with zero attached hydrogens (tertiary/aromatic N) is 4. The van der Waals surface area contributed by atoms with Gasteiger partial charge in [-0.3, -0.25) is 0 Å². The largest absolute Gasteiger partial charge is 0.443 e. The van der Waals surface area contributed by atoms with E-state index in [9.17, 15) is 4.39 Å². The predicted octanol–water partition coefficient (Wildman–Crippen LogP) is 3.84. The van der Waals surface area contributed by atoms with Crippen LogP contribution in [0.4, 0.5) is 10.2 Å². The van der Waals surface area contributed by atoms with Crippen molar-refractivity contribution in [3.63, 3.8) is 0 Å². The molecule has 25 heavy (non-hydrogen) atoms. The van der Waals surface area contributed by atoms with E-state index < -0.39 is 0 Å². The lowest BCUT2D eigenvalue weighted by Gasteiger charge is -2.23. The van der Waals surface area contributed by atoms with Gasteiger partial charge in [-0.1, -0.05) is 18.2 Å². The third kappa shape index (κ3) is 3.24. The molecule has 2 aromatic heterocycles. The zero-order chi connectivity index (χ0) is 17.2. The Morgan fingerprint density at radius 3 is 2.96 bits per heavy atom. The average Bonchev–Trinajstić information content (AvgIpc) is 3.26. The van der Waals surface area contributed by atoms with Gasteiger partial charge in [0.05, 0.1) is 6.20 Å². The van der Waals surface area contributed by atoms with Gasteiger partial charge in [-0.05, 0) is 37.5 Å². The molecule has 0 radical (unpaired) electrons. The molecule has 0 spiro atoms. The molecule has 4 rings (SSSR count). The summed E-state index contributed by atoms with van der Waals surface area (Å²) >= 11 is 0. The van der Waals surface area contributed by atoms with Crippen LogP contribution < -0.4 is 4.90 Å². The zero-order valence-corrected chi connectivity index (χ0v) is 14.0. The molecule has 1 aromatic carbocycles. The Kier molecular flexibility index (Phi) is 4.17. The Balaban J connectivity index is 1.56. The maximum Gasteiger partial charge on any atom is 0.217 e. The molecule has 1 aliphatic rings. The summed E-state index contributed by atoms with van der Waals surface area (Å²) in [5.74, 6) is 2.75. The van der Waals surface area contributed by atoms with Crippen LogP contribution in [0.15, 0.2) is 47.1 Å². The Labute approximate surface area is 145 Å². The first kappa shape index (κ1) is 15.7. The SMILES string of the molecule is Cc1nccc(N2CCC[C@H]2c2ncc(Cc3ccccc3F)o2)n1. The lowest BCUT2D eigenvalue weighted by Crippen LogP contribution is -2.24. The van der Waals surface area contributed by atoms with Crippen LogP contribution in [0.1, 0.15) is 41.9 Å². The summed E-state index contributed by atoms with van der Waals surface area (Å²) in [6, 6.07) is 8.71. The second kappa shape index (κ2) is 6.63. The van der Waals surface area contributed by atoms with Gasteiger partial charge in [0.25, 0.3) is 0 Å². The van der Waals surface area contributed by atoms with Crippen LogP contribution in [0.5, 0.6) is 0 Å². The van der Waals surface area contributed by atoms with E-state index in [1.165, 1.54) is 6.07 Å². The van der Waals surface area contributed by atoms with E-state index in [1.807, 2.05) is 19.1 Å².